The second-order valence-electron chi connectivity index (χ2n) is 4.15. The summed E-state index contributed by atoms with van der Waals surface area (Å²) >= 11 is 0. The monoisotopic (exact) mass is 280 g/mol. The van der Waals surface area contributed by atoms with E-state index in [2.05, 4.69) is 10.3 Å². The van der Waals surface area contributed by atoms with Crippen LogP contribution in [0.1, 0.15) is 18.4 Å². The first-order chi connectivity index (χ1) is 9.49. The van der Waals surface area contributed by atoms with E-state index in [-0.39, 0.29) is 19.3 Å². The Morgan fingerprint density at radius 1 is 1.25 bits per heavy atom. The van der Waals surface area contributed by atoms with Crippen molar-refractivity contribution in [3.63, 3.8) is 0 Å². The Hall–Kier alpha value is -2.41. The van der Waals surface area contributed by atoms with Crippen LogP contribution in [0.2, 0.25) is 0 Å². The number of rotatable bonds is 8. The summed E-state index contributed by atoms with van der Waals surface area (Å²) in [5.41, 5.74) is 7.82. The molecule has 0 aliphatic heterocycles. The molecule has 20 heavy (non-hydrogen) atoms. The molecule has 0 spiro atoms. The van der Waals surface area contributed by atoms with Crippen LogP contribution < -0.4 is 11.2 Å². The number of nitrogens with two attached hydrogens (primary N) is 1. The number of hydrogen-bond acceptors (Lipinski definition) is 5. The number of carbonyl (C=O) groups excluding carboxylic acids is 2. The van der Waals surface area contributed by atoms with Crippen LogP contribution in [-0.2, 0) is 25.6 Å². The molecule has 1 aromatic carbocycles. The number of hydrogen-bond donors (Lipinski definition) is 3. The minimum absolute atomic E-state index is 0.0238. The lowest BCUT2D eigenvalue weighted by atomic mass is 10.1. The Kier molecular flexibility index (Phi) is 6.18. The molecule has 0 saturated heterocycles. The van der Waals surface area contributed by atoms with Gasteiger partial charge in [-0.1, -0.05) is 30.3 Å². The minimum atomic E-state index is -1.22. The number of hydroxylamine groups is 1. The van der Waals surface area contributed by atoms with Gasteiger partial charge in [-0.3, -0.25) is 14.4 Å². The van der Waals surface area contributed by atoms with Crippen molar-refractivity contribution in [2.75, 3.05) is 0 Å². The third-order valence-electron chi connectivity index (χ3n) is 2.48. The molecule has 7 heteroatoms. The van der Waals surface area contributed by atoms with Gasteiger partial charge in [0, 0.05) is 6.42 Å². The van der Waals surface area contributed by atoms with Gasteiger partial charge in [-0.25, -0.2) is 0 Å². The van der Waals surface area contributed by atoms with E-state index in [1.54, 1.807) is 24.3 Å². The fraction of sp³-hybridized carbons (Fsp3) is 0.308. The van der Waals surface area contributed by atoms with E-state index in [0.29, 0.717) is 0 Å². The summed E-state index contributed by atoms with van der Waals surface area (Å²) in [4.78, 5) is 37.7. The maximum absolute atomic E-state index is 11.5. The first-order valence-electron chi connectivity index (χ1n) is 5.99. The molecule has 7 nitrogen and oxygen atoms in total. The van der Waals surface area contributed by atoms with Gasteiger partial charge in [-0.15, -0.1) is 5.48 Å². The average Bonchev–Trinajstić information content (AvgIpc) is 2.39. The Morgan fingerprint density at radius 2 is 1.90 bits per heavy atom. The Balaban J connectivity index is 2.40. The molecular formula is C13H16N2O5. The van der Waals surface area contributed by atoms with Crippen LogP contribution in [0, 0.1) is 0 Å². The van der Waals surface area contributed by atoms with Crippen molar-refractivity contribution in [3.05, 3.63) is 35.9 Å². The Bertz CT molecular complexity index is 475. The highest BCUT2D eigenvalue weighted by molar-refractivity contribution is 5.77. The van der Waals surface area contributed by atoms with Crippen LogP contribution in [0.15, 0.2) is 30.3 Å². The van der Waals surface area contributed by atoms with Gasteiger partial charge >= 0.3 is 11.9 Å². The summed E-state index contributed by atoms with van der Waals surface area (Å²) in [6.07, 6.45) is -0.139. The quantitative estimate of drug-likeness (QED) is 0.576. The molecule has 0 unspecified atom stereocenters. The Morgan fingerprint density at radius 3 is 2.45 bits per heavy atom. The standard InChI is InChI=1S/C13H16N2O5/c14-11(16)7-6-10(13(18)19)15-20-12(17)8-9-4-2-1-3-5-9/h1-5,10,15H,6-8H2,(H2,14,16)(H,18,19)/t10-/m0/s1. The molecular weight excluding hydrogens is 264 g/mol. The predicted octanol–water partition coefficient (Wildman–Crippen LogP) is -0.00440. The van der Waals surface area contributed by atoms with E-state index >= 15 is 0 Å². The smallest absolute Gasteiger partial charge is 0.329 e. The predicted molar refractivity (Wildman–Crippen MR) is 69.2 cm³/mol. The van der Waals surface area contributed by atoms with Gasteiger partial charge in [0.25, 0.3) is 0 Å². The van der Waals surface area contributed by atoms with Gasteiger partial charge in [-0.2, -0.15) is 0 Å². The molecule has 0 aliphatic rings. The normalized spacial score (nSPS) is 11.6. The molecule has 0 aromatic heterocycles. The van der Waals surface area contributed by atoms with Crippen LogP contribution in [0.4, 0.5) is 0 Å². The summed E-state index contributed by atoms with van der Waals surface area (Å²) in [6.45, 7) is 0. The first kappa shape index (κ1) is 15.6. The molecule has 4 N–H and O–H groups in total. The zero-order valence-corrected chi connectivity index (χ0v) is 10.7. The lowest BCUT2D eigenvalue weighted by Crippen LogP contribution is -2.39. The lowest BCUT2D eigenvalue weighted by molar-refractivity contribution is -0.157. The van der Waals surface area contributed by atoms with Gasteiger partial charge in [0.2, 0.25) is 5.91 Å². The summed E-state index contributed by atoms with van der Waals surface area (Å²) in [6, 6.07) is 7.72. The number of carboxylic acids is 1. The van der Waals surface area contributed by atoms with E-state index in [1.807, 2.05) is 6.07 Å². The molecule has 0 heterocycles. The number of aliphatic carboxylic acids is 1. The van der Waals surface area contributed by atoms with Gasteiger partial charge in [-0.05, 0) is 12.0 Å². The van der Waals surface area contributed by atoms with Gasteiger partial charge < -0.3 is 15.7 Å². The largest absolute Gasteiger partial charge is 0.480 e. The highest BCUT2D eigenvalue weighted by atomic mass is 16.7. The van der Waals surface area contributed by atoms with E-state index in [4.69, 9.17) is 10.8 Å². The summed E-state index contributed by atoms with van der Waals surface area (Å²) in [5, 5.41) is 8.88. The minimum Gasteiger partial charge on any atom is -0.480 e. The fourth-order valence-electron chi connectivity index (χ4n) is 1.45. The second-order valence-corrected chi connectivity index (χ2v) is 4.15. The van der Waals surface area contributed by atoms with Crippen LogP contribution >= 0.6 is 0 Å². The third-order valence-corrected chi connectivity index (χ3v) is 2.48. The maximum Gasteiger partial charge on any atom is 0.329 e. The van der Waals surface area contributed by atoms with Crippen molar-refractivity contribution in [2.24, 2.45) is 5.73 Å². The fourth-order valence-corrected chi connectivity index (χ4v) is 1.45. The molecule has 1 amide bonds. The maximum atomic E-state index is 11.5. The molecule has 1 rings (SSSR count). The lowest BCUT2D eigenvalue weighted by Gasteiger charge is -2.13. The molecule has 0 fully saturated rings. The first-order valence-corrected chi connectivity index (χ1v) is 5.99. The zero-order chi connectivity index (χ0) is 15.0. The average molecular weight is 280 g/mol. The molecule has 0 aliphatic carbocycles. The summed E-state index contributed by atoms with van der Waals surface area (Å²) in [5.74, 6) is -2.45. The number of nitrogens with one attached hydrogen (secondary N) is 1. The topological polar surface area (TPSA) is 119 Å². The number of carbonyl (C=O) groups is 3. The number of amides is 1. The van der Waals surface area contributed by atoms with Crippen molar-refractivity contribution < 1.29 is 24.3 Å². The van der Waals surface area contributed by atoms with Crippen LogP contribution in [0.5, 0.6) is 0 Å². The third kappa shape index (κ3) is 5.96. The highest BCUT2D eigenvalue weighted by Crippen LogP contribution is 2.02. The highest BCUT2D eigenvalue weighted by Gasteiger charge is 2.20. The van der Waals surface area contributed by atoms with Gasteiger partial charge in [0.15, 0.2) is 0 Å². The molecule has 0 saturated carbocycles. The van der Waals surface area contributed by atoms with Gasteiger partial charge in [0.1, 0.15) is 6.04 Å². The van der Waals surface area contributed by atoms with Crippen molar-refractivity contribution in [2.45, 2.75) is 25.3 Å². The molecule has 108 valence electrons. The SMILES string of the molecule is NC(=O)CC[C@H](NOC(=O)Cc1ccccc1)C(=O)O. The van der Waals surface area contributed by atoms with Crippen LogP contribution in [-0.4, -0.2) is 29.0 Å². The molecule has 1 aromatic rings. The second kappa shape index (κ2) is 7.90. The summed E-state index contributed by atoms with van der Waals surface area (Å²) in [7, 11) is 0. The molecule has 0 bridgehead atoms. The van der Waals surface area contributed by atoms with Crippen molar-refractivity contribution in [1.29, 1.82) is 0 Å². The van der Waals surface area contributed by atoms with Gasteiger partial charge in [0.05, 0.1) is 6.42 Å². The number of primary amides is 1. The molecule has 1 atom stereocenters. The van der Waals surface area contributed by atoms with E-state index in [9.17, 15) is 14.4 Å². The summed E-state index contributed by atoms with van der Waals surface area (Å²) < 4.78 is 0. The molecule has 0 radical (unpaired) electrons. The van der Waals surface area contributed by atoms with Crippen molar-refractivity contribution >= 4 is 17.8 Å². The van der Waals surface area contributed by atoms with Crippen LogP contribution in [0.25, 0.3) is 0 Å². The van der Waals surface area contributed by atoms with Crippen LogP contribution in [0.3, 0.4) is 0 Å². The Labute approximate surface area is 115 Å². The zero-order valence-electron chi connectivity index (χ0n) is 10.7. The van der Waals surface area contributed by atoms with E-state index in [1.165, 1.54) is 0 Å². The van der Waals surface area contributed by atoms with E-state index in [0.717, 1.165) is 5.56 Å². The van der Waals surface area contributed by atoms with Crippen molar-refractivity contribution in [1.82, 2.24) is 5.48 Å². The van der Waals surface area contributed by atoms with E-state index < -0.39 is 23.9 Å². The number of carboxylic acid groups (broad SMARTS) is 1. The number of benzene rings is 1. The van der Waals surface area contributed by atoms with Crippen molar-refractivity contribution in [3.8, 4) is 0 Å².